The predicted octanol–water partition coefficient (Wildman–Crippen LogP) is -1.44. The molecule has 0 aliphatic carbocycles. The van der Waals surface area contributed by atoms with E-state index >= 15 is 0 Å². The molecule has 0 saturated carbocycles. The number of carbonyl (C=O) groups excluding carboxylic acids is 2. The lowest BCUT2D eigenvalue weighted by molar-refractivity contribution is -0.175. The lowest BCUT2D eigenvalue weighted by Gasteiger charge is -2.48. The maximum atomic E-state index is 11.5. The minimum atomic E-state index is -1.67. The van der Waals surface area contributed by atoms with Crippen LogP contribution in [0.15, 0.2) is 0 Å². The van der Waals surface area contributed by atoms with Gasteiger partial charge in [0.2, 0.25) is 11.4 Å². The Morgan fingerprint density at radius 3 is 2.71 bits per heavy atom. The van der Waals surface area contributed by atoms with Crippen LogP contribution in [0.1, 0.15) is 12.8 Å². The molecule has 3 aliphatic rings. The van der Waals surface area contributed by atoms with Crippen molar-refractivity contribution in [1.82, 2.24) is 10.2 Å². The molecular weight excluding hydrogens is 188 g/mol. The van der Waals surface area contributed by atoms with Crippen LogP contribution in [0.4, 0.5) is 0 Å². The minimum Gasteiger partial charge on any atom is -0.479 e. The number of carboxylic acids is 1. The van der Waals surface area contributed by atoms with Gasteiger partial charge >= 0.3 is 5.97 Å². The monoisotopic (exact) mass is 198 g/mol. The molecule has 76 valence electrons. The van der Waals surface area contributed by atoms with Crippen molar-refractivity contribution in [3.05, 3.63) is 0 Å². The number of hydrogen-bond donors (Lipinski definition) is 2. The van der Waals surface area contributed by atoms with E-state index in [-0.39, 0.29) is 12.3 Å². The Hall–Kier alpha value is -1.59. The second-order valence-electron chi connectivity index (χ2n) is 3.63. The maximum Gasteiger partial charge on any atom is 0.339 e. The van der Waals surface area contributed by atoms with Gasteiger partial charge in [0, 0.05) is 7.05 Å². The van der Waals surface area contributed by atoms with Crippen molar-refractivity contribution in [2.24, 2.45) is 0 Å². The van der Waals surface area contributed by atoms with Crippen LogP contribution < -0.4 is 5.32 Å². The largest absolute Gasteiger partial charge is 0.479 e. The summed E-state index contributed by atoms with van der Waals surface area (Å²) in [5, 5.41) is 11.4. The second-order valence-corrected chi connectivity index (χ2v) is 3.63. The number of rotatable bonds is 1. The molecule has 2 atom stereocenters. The molecule has 0 spiro atoms. The number of nitrogens with one attached hydrogen (secondary N) is 1. The molecular formula is C8H10N2O4. The van der Waals surface area contributed by atoms with E-state index in [1.165, 1.54) is 7.05 Å². The first-order chi connectivity index (χ1) is 6.50. The average Bonchev–Trinajstić information content (AvgIpc) is 2.13. The van der Waals surface area contributed by atoms with E-state index < -0.39 is 23.5 Å². The van der Waals surface area contributed by atoms with Gasteiger partial charge in [-0.05, 0) is 12.8 Å². The highest BCUT2D eigenvalue weighted by Crippen LogP contribution is 2.33. The van der Waals surface area contributed by atoms with Gasteiger partial charge in [0.25, 0.3) is 5.91 Å². The number of likely N-dealkylation sites (N-methyl/N-ethyl adjacent to an activating group) is 1. The van der Waals surface area contributed by atoms with E-state index in [0.717, 1.165) is 4.90 Å². The fourth-order valence-electron chi connectivity index (χ4n) is 2.09. The summed E-state index contributed by atoms with van der Waals surface area (Å²) in [6, 6.07) is -0.534. The summed E-state index contributed by atoms with van der Waals surface area (Å²) in [4.78, 5) is 35.1. The van der Waals surface area contributed by atoms with E-state index in [4.69, 9.17) is 5.11 Å². The Kier molecular flexibility index (Phi) is 1.58. The zero-order valence-corrected chi connectivity index (χ0v) is 7.61. The number of carboxylic acid groups (broad SMARTS) is 1. The molecule has 3 rings (SSSR count). The molecule has 2 amide bonds. The van der Waals surface area contributed by atoms with Gasteiger partial charge in [0.15, 0.2) is 0 Å². The number of piperidine rings is 2. The maximum absolute atomic E-state index is 11.5. The van der Waals surface area contributed by atoms with Crippen molar-refractivity contribution in [1.29, 1.82) is 0 Å². The number of aliphatic carboxylic acids is 1. The second kappa shape index (κ2) is 2.46. The van der Waals surface area contributed by atoms with Gasteiger partial charge in [-0.2, -0.15) is 0 Å². The van der Waals surface area contributed by atoms with E-state index in [2.05, 4.69) is 5.32 Å². The Labute approximate surface area is 79.9 Å². The van der Waals surface area contributed by atoms with Gasteiger partial charge in [0.05, 0.1) is 0 Å². The number of amides is 2. The van der Waals surface area contributed by atoms with Crippen molar-refractivity contribution >= 4 is 17.8 Å². The summed E-state index contributed by atoms with van der Waals surface area (Å²) in [6.45, 7) is 0. The van der Waals surface area contributed by atoms with E-state index in [1.54, 1.807) is 0 Å². The highest BCUT2D eigenvalue weighted by Gasteiger charge is 2.60. The van der Waals surface area contributed by atoms with Gasteiger partial charge in [-0.25, -0.2) is 4.79 Å². The summed E-state index contributed by atoms with van der Waals surface area (Å²) in [5.41, 5.74) is -1.67. The first kappa shape index (κ1) is 8.98. The predicted molar refractivity (Wildman–Crippen MR) is 44.3 cm³/mol. The van der Waals surface area contributed by atoms with Crippen LogP contribution in [0.2, 0.25) is 0 Å². The molecule has 3 aliphatic heterocycles. The lowest BCUT2D eigenvalue weighted by Crippen LogP contribution is -2.76. The van der Waals surface area contributed by atoms with Crippen molar-refractivity contribution < 1.29 is 19.5 Å². The Morgan fingerprint density at radius 1 is 1.64 bits per heavy atom. The third kappa shape index (κ3) is 0.779. The Morgan fingerprint density at radius 2 is 2.29 bits per heavy atom. The first-order valence-electron chi connectivity index (χ1n) is 4.32. The topological polar surface area (TPSA) is 86.7 Å². The van der Waals surface area contributed by atoms with Crippen LogP contribution in [0, 0.1) is 0 Å². The molecule has 0 aromatic rings. The molecule has 0 radical (unpaired) electrons. The standard InChI is InChI=1S/C8H10N2O4/c1-10-5(11)4-2-3-8(10,7(13)14)6(12)9-4/h4H,2-3H2,1H3,(H,9,12)(H,13,14). The van der Waals surface area contributed by atoms with Crippen molar-refractivity contribution in [2.45, 2.75) is 24.4 Å². The van der Waals surface area contributed by atoms with Gasteiger partial charge < -0.3 is 15.3 Å². The van der Waals surface area contributed by atoms with Gasteiger partial charge in [-0.3, -0.25) is 9.59 Å². The van der Waals surface area contributed by atoms with Crippen molar-refractivity contribution in [3.63, 3.8) is 0 Å². The van der Waals surface area contributed by atoms with Gasteiger partial charge in [-0.1, -0.05) is 0 Å². The van der Waals surface area contributed by atoms with Crippen LogP contribution in [0.25, 0.3) is 0 Å². The molecule has 2 N–H and O–H groups in total. The summed E-state index contributed by atoms with van der Waals surface area (Å²) >= 11 is 0. The van der Waals surface area contributed by atoms with E-state index in [9.17, 15) is 14.4 Å². The van der Waals surface area contributed by atoms with Crippen molar-refractivity contribution in [2.75, 3.05) is 7.05 Å². The average molecular weight is 198 g/mol. The Balaban J connectivity index is 2.49. The van der Waals surface area contributed by atoms with Crippen molar-refractivity contribution in [3.8, 4) is 0 Å². The smallest absolute Gasteiger partial charge is 0.339 e. The fraction of sp³-hybridized carbons (Fsp3) is 0.625. The quantitative estimate of drug-likeness (QED) is 0.505. The van der Waals surface area contributed by atoms with Crippen LogP contribution >= 0.6 is 0 Å². The Bertz CT molecular complexity index is 340. The normalized spacial score (nSPS) is 35.8. The molecule has 6 nitrogen and oxygen atoms in total. The first-order valence-corrected chi connectivity index (χ1v) is 4.32. The summed E-state index contributed by atoms with van der Waals surface area (Å²) in [6.07, 6.45) is 0.599. The molecule has 2 bridgehead atoms. The zero-order chi connectivity index (χ0) is 10.5. The molecule has 0 aromatic carbocycles. The molecule has 3 saturated heterocycles. The third-order valence-corrected chi connectivity index (χ3v) is 3.03. The number of piperazine rings is 1. The third-order valence-electron chi connectivity index (χ3n) is 3.03. The lowest BCUT2D eigenvalue weighted by atomic mass is 9.79. The van der Waals surface area contributed by atoms with Crippen LogP contribution in [-0.2, 0) is 14.4 Å². The van der Waals surface area contributed by atoms with Crippen LogP contribution in [0.3, 0.4) is 0 Å². The number of carbonyl (C=O) groups is 3. The van der Waals surface area contributed by atoms with E-state index in [0.29, 0.717) is 6.42 Å². The molecule has 0 aromatic heterocycles. The summed E-state index contributed by atoms with van der Waals surface area (Å²) < 4.78 is 0. The summed E-state index contributed by atoms with van der Waals surface area (Å²) in [7, 11) is 1.36. The highest BCUT2D eigenvalue weighted by molar-refractivity contribution is 6.14. The molecule has 6 heteroatoms. The zero-order valence-electron chi connectivity index (χ0n) is 7.61. The van der Waals surface area contributed by atoms with Gasteiger partial charge in [-0.15, -0.1) is 0 Å². The highest BCUT2D eigenvalue weighted by atomic mass is 16.4. The van der Waals surface area contributed by atoms with E-state index in [1.807, 2.05) is 0 Å². The minimum absolute atomic E-state index is 0.196. The number of hydrogen-bond acceptors (Lipinski definition) is 3. The summed E-state index contributed by atoms with van der Waals surface area (Å²) in [5.74, 6) is -2.16. The number of fused-ring (bicyclic) bond motifs is 3. The molecule has 3 fully saturated rings. The van der Waals surface area contributed by atoms with Gasteiger partial charge in [0.1, 0.15) is 6.04 Å². The van der Waals surface area contributed by atoms with Crippen LogP contribution in [-0.4, -0.2) is 46.4 Å². The van der Waals surface area contributed by atoms with Crippen LogP contribution in [0.5, 0.6) is 0 Å². The number of nitrogens with zero attached hydrogens (tertiary/aromatic N) is 1. The fourth-order valence-corrected chi connectivity index (χ4v) is 2.09. The SMILES string of the molecule is CN1C(=O)C2CCC1(C(=O)O)C(=O)N2. The molecule has 2 unspecified atom stereocenters. The molecule has 3 heterocycles. The molecule has 14 heavy (non-hydrogen) atoms.